The fourth-order valence-electron chi connectivity index (χ4n) is 0.525. The smallest absolute Gasteiger partial charge is 0.333 e. The van der Waals surface area contributed by atoms with Gasteiger partial charge in [-0.1, -0.05) is 6.58 Å². The van der Waals surface area contributed by atoms with Crippen LogP contribution in [0.2, 0.25) is 0 Å². The van der Waals surface area contributed by atoms with Crippen LogP contribution in [0.3, 0.4) is 0 Å². The topological polar surface area (TPSA) is 89.6 Å². The maximum absolute atomic E-state index is 10.8. The molecule has 0 aliphatic carbocycles. The van der Waals surface area contributed by atoms with Crippen LogP contribution in [0.15, 0.2) is 12.2 Å². The number of carbonyl (C=O) groups excluding carboxylic acids is 1. The highest BCUT2D eigenvalue weighted by atomic mass is 16.5. The molecule has 0 aromatic carbocycles. The Balaban J connectivity index is 3.62. The van der Waals surface area contributed by atoms with E-state index in [9.17, 15) is 9.59 Å². The summed E-state index contributed by atoms with van der Waals surface area (Å²) in [5.41, 5.74) is 5.45. The summed E-state index contributed by atoms with van der Waals surface area (Å²) in [6.07, 6.45) is 0.106. The van der Waals surface area contributed by atoms with Crippen LogP contribution >= 0.6 is 0 Å². The number of hydrogen-bond donors (Lipinski definition) is 2. The molecular formula is C8H13NO4. The minimum Gasteiger partial charge on any atom is -0.480 e. The highest BCUT2D eigenvalue weighted by Crippen LogP contribution is 1.95. The van der Waals surface area contributed by atoms with Crippen molar-refractivity contribution in [2.75, 3.05) is 6.61 Å². The molecule has 0 radical (unpaired) electrons. The number of rotatable bonds is 5. The SMILES string of the molecule is C=C(C)C(=O)OCCC(N)C(=O)O. The molecule has 13 heavy (non-hydrogen) atoms. The van der Waals surface area contributed by atoms with E-state index in [0.29, 0.717) is 0 Å². The van der Waals surface area contributed by atoms with E-state index in [2.05, 4.69) is 11.3 Å². The molecule has 1 unspecified atom stereocenters. The van der Waals surface area contributed by atoms with Gasteiger partial charge < -0.3 is 15.6 Å². The van der Waals surface area contributed by atoms with E-state index < -0.39 is 18.0 Å². The van der Waals surface area contributed by atoms with Crippen LogP contribution in [-0.4, -0.2) is 29.7 Å². The molecule has 0 aliphatic rings. The second-order valence-corrected chi connectivity index (χ2v) is 2.65. The summed E-state index contributed by atoms with van der Waals surface area (Å²) < 4.78 is 4.64. The Labute approximate surface area is 76.2 Å². The Hall–Kier alpha value is -1.36. The maximum Gasteiger partial charge on any atom is 0.333 e. The standard InChI is InChI=1S/C8H13NO4/c1-5(2)8(12)13-4-3-6(9)7(10)11/h6H,1,3-4,9H2,2H3,(H,10,11). The zero-order valence-electron chi connectivity index (χ0n) is 7.45. The minimum absolute atomic E-state index is 0.000833. The summed E-state index contributed by atoms with van der Waals surface area (Å²) >= 11 is 0. The third kappa shape index (κ3) is 4.97. The minimum atomic E-state index is -1.11. The molecule has 0 bridgehead atoms. The maximum atomic E-state index is 10.8. The molecule has 0 aliphatic heterocycles. The predicted octanol–water partition coefficient (Wildman–Crippen LogP) is -0.0923. The molecule has 1 atom stereocenters. The lowest BCUT2D eigenvalue weighted by molar-refractivity contribution is -0.143. The Morgan fingerprint density at radius 3 is 2.54 bits per heavy atom. The molecule has 5 nitrogen and oxygen atoms in total. The van der Waals surface area contributed by atoms with Crippen LogP contribution in [0.1, 0.15) is 13.3 Å². The number of carboxylic acid groups (broad SMARTS) is 1. The average Bonchev–Trinajstić information content (AvgIpc) is 2.03. The van der Waals surface area contributed by atoms with Crippen molar-refractivity contribution >= 4 is 11.9 Å². The normalized spacial score (nSPS) is 11.8. The Kier molecular flexibility index (Phi) is 4.76. The first-order valence-corrected chi connectivity index (χ1v) is 3.76. The molecule has 0 rings (SSSR count). The van der Waals surface area contributed by atoms with E-state index in [4.69, 9.17) is 10.8 Å². The summed E-state index contributed by atoms with van der Waals surface area (Å²) in [5.74, 6) is -1.64. The van der Waals surface area contributed by atoms with Gasteiger partial charge in [0.1, 0.15) is 6.04 Å². The lowest BCUT2D eigenvalue weighted by Gasteiger charge is -2.06. The summed E-state index contributed by atoms with van der Waals surface area (Å²) in [5, 5.41) is 8.37. The van der Waals surface area contributed by atoms with Gasteiger partial charge in [-0.15, -0.1) is 0 Å². The zero-order chi connectivity index (χ0) is 10.4. The molecule has 0 saturated carbocycles. The summed E-state index contributed by atoms with van der Waals surface area (Å²) in [6.45, 7) is 4.88. The number of hydrogen-bond acceptors (Lipinski definition) is 4. The van der Waals surface area contributed by atoms with Crippen molar-refractivity contribution in [3.05, 3.63) is 12.2 Å². The number of carbonyl (C=O) groups is 2. The molecule has 0 saturated heterocycles. The third-order valence-electron chi connectivity index (χ3n) is 1.33. The van der Waals surface area contributed by atoms with Crippen LogP contribution in [0.25, 0.3) is 0 Å². The van der Waals surface area contributed by atoms with Gasteiger partial charge in [0.25, 0.3) is 0 Å². The van der Waals surface area contributed by atoms with Crippen molar-refractivity contribution < 1.29 is 19.4 Å². The monoisotopic (exact) mass is 187 g/mol. The highest BCUT2D eigenvalue weighted by Gasteiger charge is 2.12. The molecular weight excluding hydrogens is 174 g/mol. The quantitative estimate of drug-likeness (QED) is 0.463. The summed E-state index contributed by atoms with van der Waals surface area (Å²) in [6, 6.07) is -0.988. The molecule has 74 valence electrons. The van der Waals surface area contributed by atoms with Crippen molar-refractivity contribution in [2.45, 2.75) is 19.4 Å². The van der Waals surface area contributed by atoms with E-state index in [-0.39, 0.29) is 18.6 Å². The Bertz CT molecular complexity index is 224. The van der Waals surface area contributed by atoms with Crippen molar-refractivity contribution in [3.8, 4) is 0 Å². The number of nitrogens with two attached hydrogens (primary N) is 1. The van der Waals surface area contributed by atoms with Crippen LogP contribution < -0.4 is 5.73 Å². The van der Waals surface area contributed by atoms with Gasteiger partial charge in [0.05, 0.1) is 6.61 Å². The first-order chi connectivity index (χ1) is 5.95. The van der Waals surface area contributed by atoms with Gasteiger partial charge in [0, 0.05) is 12.0 Å². The van der Waals surface area contributed by atoms with Gasteiger partial charge >= 0.3 is 11.9 Å². The molecule has 0 spiro atoms. The fraction of sp³-hybridized carbons (Fsp3) is 0.500. The molecule has 0 amide bonds. The number of aliphatic carboxylic acids is 1. The van der Waals surface area contributed by atoms with Gasteiger partial charge in [-0.25, -0.2) is 4.79 Å². The van der Waals surface area contributed by atoms with Gasteiger partial charge in [-0.05, 0) is 6.92 Å². The van der Waals surface area contributed by atoms with Crippen molar-refractivity contribution in [2.24, 2.45) is 5.73 Å². The summed E-state index contributed by atoms with van der Waals surface area (Å²) in [7, 11) is 0. The second-order valence-electron chi connectivity index (χ2n) is 2.65. The Morgan fingerprint density at radius 2 is 2.15 bits per heavy atom. The van der Waals surface area contributed by atoms with E-state index in [0.717, 1.165) is 0 Å². The molecule has 0 heterocycles. The fourth-order valence-corrected chi connectivity index (χ4v) is 0.525. The van der Waals surface area contributed by atoms with Crippen molar-refractivity contribution in [1.29, 1.82) is 0 Å². The molecule has 3 N–H and O–H groups in total. The van der Waals surface area contributed by atoms with E-state index in [1.165, 1.54) is 6.92 Å². The number of carboxylic acids is 1. The van der Waals surface area contributed by atoms with E-state index >= 15 is 0 Å². The molecule has 0 fully saturated rings. The first-order valence-electron chi connectivity index (χ1n) is 3.76. The van der Waals surface area contributed by atoms with Crippen LogP contribution in [-0.2, 0) is 14.3 Å². The third-order valence-corrected chi connectivity index (χ3v) is 1.33. The van der Waals surface area contributed by atoms with E-state index in [1.54, 1.807) is 0 Å². The molecule has 5 heteroatoms. The van der Waals surface area contributed by atoms with Gasteiger partial charge in [0.2, 0.25) is 0 Å². The number of esters is 1. The zero-order valence-corrected chi connectivity index (χ0v) is 7.45. The van der Waals surface area contributed by atoms with Crippen molar-refractivity contribution in [1.82, 2.24) is 0 Å². The molecule has 0 aromatic heterocycles. The Morgan fingerprint density at radius 1 is 1.62 bits per heavy atom. The molecule has 0 aromatic rings. The summed E-state index contributed by atoms with van der Waals surface area (Å²) in [4.78, 5) is 21.0. The van der Waals surface area contributed by atoms with E-state index in [1.807, 2.05) is 0 Å². The lowest BCUT2D eigenvalue weighted by Crippen LogP contribution is -2.31. The predicted molar refractivity (Wildman–Crippen MR) is 46.0 cm³/mol. The van der Waals surface area contributed by atoms with Crippen LogP contribution in [0, 0.1) is 0 Å². The van der Waals surface area contributed by atoms with Crippen LogP contribution in [0.4, 0.5) is 0 Å². The number of ether oxygens (including phenoxy) is 1. The van der Waals surface area contributed by atoms with Crippen LogP contribution in [0.5, 0.6) is 0 Å². The second kappa shape index (κ2) is 5.31. The largest absolute Gasteiger partial charge is 0.480 e. The van der Waals surface area contributed by atoms with Gasteiger partial charge in [0.15, 0.2) is 0 Å². The lowest BCUT2D eigenvalue weighted by atomic mass is 10.2. The highest BCUT2D eigenvalue weighted by molar-refractivity contribution is 5.86. The van der Waals surface area contributed by atoms with Gasteiger partial charge in [-0.3, -0.25) is 4.79 Å². The van der Waals surface area contributed by atoms with Gasteiger partial charge in [-0.2, -0.15) is 0 Å². The van der Waals surface area contributed by atoms with Crippen molar-refractivity contribution in [3.63, 3.8) is 0 Å². The first kappa shape index (κ1) is 11.6. The average molecular weight is 187 g/mol.